The van der Waals surface area contributed by atoms with Crippen molar-refractivity contribution in [3.63, 3.8) is 0 Å². The van der Waals surface area contributed by atoms with Gasteiger partial charge in [0.1, 0.15) is 0 Å². The molecule has 2 N–H and O–H groups in total. The van der Waals surface area contributed by atoms with Gasteiger partial charge in [-0.2, -0.15) is 0 Å². The monoisotopic (exact) mass is 506 g/mol. The lowest BCUT2D eigenvalue weighted by molar-refractivity contribution is -0.253. The molecule has 0 aromatic heterocycles. The van der Waals surface area contributed by atoms with Crippen LogP contribution in [0.5, 0.6) is 0 Å². The normalized spacial score (nSPS) is 31.3. The van der Waals surface area contributed by atoms with Crippen LogP contribution in [0.3, 0.4) is 0 Å². The van der Waals surface area contributed by atoms with Gasteiger partial charge in [0.05, 0.1) is 18.8 Å². The molecule has 0 radical (unpaired) electrons. The lowest BCUT2D eigenvalue weighted by atomic mass is 9.65. The summed E-state index contributed by atoms with van der Waals surface area (Å²) in [4.78, 5) is 14.0. The Morgan fingerprint density at radius 1 is 1.00 bits per heavy atom. The summed E-state index contributed by atoms with van der Waals surface area (Å²) in [6, 6.07) is 16.8. The summed E-state index contributed by atoms with van der Waals surface area (Å²) in [6.07, 6.45) is 4.15. The van der Waals surface area contributed by atoms with Gasteiger partial charge in [-0.3, -0.25) is 9.69 Å². The minimum Gasteiger partial charge on any atom is -0.392 e. The van der Waals surface area contributed by atoms with E-state index in [0.29, 0.717) is 23.4 Å². The summed E-state index contributed by atoms with van der Waals surface area (Å²) in [5, 5.41) is 12.3. The fourth-order valence-electron chi connectivity index (χ4n) is 7.10. The van der Waals surface area contributed by atoms with Crippen LogP contribution >= 0.6 is 0 Å². The van der Waals surface area contributed by atoms with Crippen LogP contribution in [0.4, 0.5) is 0 Å². The SMILES string of the molecule is CC(=O)NCc1ccc(C2OC(CN3CC4(C)CC3CC(C)(C)C4)CC(c3ccc(CO)cc3)O2)cc1. The molecule has 0 spiro atoms. The number of hydrogen-bond acceptors (Lipinski definition) is 5. The highest BCUT2D eigenvalue weighted by molar-refractivity contribution is 5.72. The van der Waals surface area contributed by atoms with E-state index in [1.807, 2.05) is 36.4 Å². The second-order valence-electron chi connectivity index (χ2n) is 12.6. The average molecular weight is 507 g/mol. The van der Waals surface area contributed by atoms with Crippen LogP contribution < -0.4 is 5.32 Å². The molecule has 2 aliphatic heterocycles. The number of amides is 1. The van der Waals surface area contributed by atoms with E-state index in [1.165, 1.54) is 26.2 Å². The molecule has 2 saturated heterocycles. The third-order valence-electron chi connectivity index (χ3n) is 8.37. The molecule has 6 nitrogen and oxygen atoms in total. The summed E-state index contributed by atoms with van der Waals surface area (Å²) < 4.78 is 13.2. The highest BCUT2D eigenvalue weighted by Crippen LogP contribution is 2.53. The molecule has 6 heteroatoms. The van der Waals surface area contributed by atoms with Gasteiger partial charge in [0.2, 0.25) is 5.91 Å². The third-order valence-corrected chi connectivity index (χ3v) is 8.37. The van der Waals surface area contributed by atoms with Gasteiger partial charge >= 0.3 is 0 Å². The topological polar surface area (TPSA) is 71.0 Å². The largest absolute Gasteiger partial charge is 0.392 e. The zero-order valence-corrected chi connectivity index (χ0v) is 22.7. The number of nitrogens with zero attached hydrogens (tertiary/aromatic N) is 1. The third kappa shape index (κ3) is 6.26. The van der Waals surface area contributed by atoms with Crippen LogP contribution in [0.25, 0.3) is 0 Å². The first-order valence-electron chi connectivity index (χ1n) is 13.7. The Morgan fingerprint density at radius 3 is 2.35 bits per heavy atom. The van der Waals surface area contributed by atoms with Gasteiger partial charge in [0.25, 0.3) is 0 Å². The van der Waals surface area contributed by atoms with Crippen LogP contribution in [0, 0.1) is 10.8 Å². The number of nitrogens with one attached hydrogen (secondary N) is 1. The maximum Gasteiger partial charge on any atom is 0.217 e. The summed E-state index contributed by atoms with van der Waals surface area (Å²) >= 11 is 0. The molecular weight excluding hydrogens is 464 g/mol. The zero-order chi connectivity index (χ0) is 26.2. The molecule has 2 bridgehead atoms. The predicted octanol–water partition coefficient (Wildman–Crippen LogP) is 5.26. The van der Waals surface area contributed by atoms with E-state index < -0.39 is 6.29 Å². The predicted molar refractivity (Wildman–Crippen MR) is 143 cm³/mol. The Labute approximate surface area is 221 Å². The van der Waals surface area contributed by atoms with Crippen molar-refractivity contribution in [3.05, 3.63) is 70.8 Å². The molecule has 5 rings (SSSR count). The molecule has 5 unspecified atom stereocenters. The minimum atomic E-state index is -0.454. The molecule has 200 valence electrons. The molecule has 2 aromatic rings. The maximum atomic E-state index is 11.3. The molecule has 5 atom stereocenters. The van der Waals surface area contributed by atoms with Crippen molar-refractivity contribution in [2.45, 2.75) is 91.1 Å². The Balaban J connectivity index is 1.34. The summed E-state index contributed by atoms with van der Waals surface area (Å²) in [5.41, 5.74) is 4.83. The quantitative estimate of drug-likeness (QED) is 0.536. The lowest BCUT2D eigenvalue weighted by Gasteiger charge is -2.41. The van der Waals surface area contributed by atoms with Crippen molar-refractivity contribution in [1.82, 2.24) is 10.2 Å². The number of benzene rings is 2. The average Bonchev–Trinajstić information content (AvgIpc) is 3.10. The van der Waals surface area contributed by atoms with Gasteiger partial charge in [0.15, 0.2) is 6.29 Å². The summed E-state index contributed by atoms with van der Waals surface area (Å²) in [6.45, 7) is 11.4. The van der Waals surface area contributed by atoms with Crippen LogP contribution in [0.2, 0.25) is 0 Å². The Kier molecular flexibility index (Phi) is 7.47. The second-order valence-corrected chi connectivity index (χ2v) is 12.6. The number of likely N-dealkylation sites (tertiary alicyclic amines) is 1. The van der Waals surface area contributed by atoms with E-state index in [4.69, 9.17) is 9.47 Å². The number of fused-ring (bicyclic) bond motifs is 2. The highest BCUT2D eigenvalue weighted by atomic mass is 16.7. The van der Waals surface area contributed by atoms with E-state index in [2.05, 4.69) is 43.1 Å². The molecule has 2 aromatic carbocycles. The number of hydrogen-bond donors (Lipinski definition) is 2. The Morgan fingerprint density at radius 2 is 1.68 bits per heavy atom. The number of ether oxygens (including phenoxy) is 2. The summed E-state index contributed by atoms with van der Waals surface area (Å²) in [7, 11) is 0. The maximum absolute atomic E-state index is 11.3. The van der Waals surface area contributed by atoms with Crippen LogP contribution in [-0.2, 0) is 27.4 Å². The zero-order valence-electron chi connectivity index (χ0n) is 22.7. The molecule has 3 aliphatic rings. The number of aliphatic hydroxyl groups is 1. The molecule has 2 heterocycles. The molecule has 1 amide bonds. The van der Waals surface area contributed by atoms with E-state index in [0.717, 1.165) is 41.8 Å². The Bertz CT molecular complexity index is 1080. The fourth-order valence-corrected chi connectivity index (χ4v) is 7.10. The van der Waals surface area contributed by atoms with Gasteiger partial charge in [0, 0.05) is 44.6 Å². The molecule has 1 aliphatic carbocycles. The minimum absolute atomic E-state index is 0.0374. The first-order valence-corrected chi connectivity index (χ1v) is 13.7. The van der Waals surface area contributed by atoms with Crippen LogP contribution in [-0.4, -0.2) is 41.1 Å². The van der Waals surface area contributed by atoms with E-state index >= 15 is 0 Å². The van der Waals surface area contributed by atoms with Gasteiger partial charge in [-0.25, -0.2) is 0 Å². The van der Waals surface area contributed by atoms with Gasteiger partial charge in [-0.15, -0.1) is 0 Å². The highest BCUT2D eigenvalue weighted by Gasteiger charge is 2.50. The van der Waals surface area contributed by atoms with E-state index in [-0.39, 0.29) is 24.7 Å². The molecule has 1 saturated carbocycles. The molecule has 3 fully saturated rings. The van der Waals surface area contributed by atoms with E-state index in [9.17, 15) is 9.90 Å². The van der Waals surface area contributed by atoms with Crippen molar-refractivity contribution < 1.29 is 19.4 Å². The smallest absolute Gasteiger partial charge is 0.217 e. The van der Waals surface area contributed by atoms with Crippen molar-refractivity contribution in [2.24, 2.45) is 10.8 Å². The summed E-state index contributed by atoms with van der Waals surface area (Å²) in [5.74, 6) is -0.0374. The Hall–Kier alpha value is -2.25. The standard InChI is InChI=1S/C31H42N2O4/c1-21(35)32-16-22-5-11-25(12-6-22)29-36-27(13-28(37-29)24-9-7-23(18-34)8-10-24)17-33-20-31(4)15-26(33)14-30(2,3)19-31/h5-12,26-29,34H,13-20H2,1-4H3,(H,32,35). The lowest BCUT2D eigenvalue weighted by Crippen LogP contribution is -2.42. The van der Waals surface area contributed by atoms with Gasteiger partial charge < -0.3 is 19.9 Å². The fraction of sp³-hybridized carbons (Fsp3) is 0.581. The molecule has 37 heavy (non-hydrogen) atoms. The number of aliphatic hydroxyl groups excluding tert-OH is 1. The number of carbonyl (C=O) groups excluding carboxylic acids is 1. The first-order chi connectivity index (χ1) is 17.6. The van der Waals surface area contributed by atoms with Gasteiger partial charge in [-0.1, -0.05) is 69.3 Å². The molecular formula is C31H42N2O4. The number of rotatable bonds is 7. The van der Waals surface area contributed by atoms with E-state index in [1.54, 1.807) is 0 Å². The van der Waals surface area contributed by atoms with Crippen molar-refractivity contribution >= 4 is 5.91 Å². The van der Waals surface area contributed by atoms with Crippen LogP contribution in [0.15, 0.2) is 48.5 Å². The first kappa shape index (κ1) is 26.4. The number of carbonyl (C=O) groups is 1. The van der Waals surface area contributed by atoms with Crippen molar-refractivity contribution in [1.29, 1.82) is 0 Å². The van der Waals surface area contributed by atoms with Gasteiger partial charge in [-0.05, 0) is 46.8 Å². The van der Waals surface area contributed by atoms with Crippen LogP contribution in [0.1, 0.15) is 88.0 Å². The second kappa shape index (κ2) is 10.5. The van der Waals surface area contributed by atoms with Crippen molar-refractivity contribution in [3.8, 4) is 0 Å². The van der Waals surface area contributed by atoms with Crippen molar-refractivity contribution in [2.75, 3.05) is 13.1 Å².